The van der Waals surface area contributed by atoms with Crippen LogP contribution in [0.15, 0.2) is 29.6 Å². The van der Waals surface area contributed by atoms with E-state index in [9.17, 15) is 9.59 Å². The number of carbonyl (C=O) groups excluding carboxylic acids is 2. The lowest BCUT2D eigenvalue weighted by Crippen LogP contribution is -2.25. The molecule has 2 rings (SSSR count). The van der Waals surface area contributed by atoms with E-state index in [0.717, 1.165) is 12.1 Å². The molecule has 0 fully saturated rings. The van der Waals surface area contributed by atoms with Crippen LogP contribution in [0.3, 0.4) is 0 Å². The van der Waals surface area contributed by atoms with Crippen LogP contribution in [0.25, 0.3) is 0 Å². The second-order valence-electron chi connectivity index (χ2n) is 6.14. The number of nitrogens with zero attached hydrogens (tertiary/aromatic N) is 1. The van der Waals surface area contributed by atoms with Crippen molar-refractivity contribution >= 4 is 39.9 Å². The SMILES string of the molecule is CC(C)CCNC(=O)CCc1csc(NC(=O)c2ccc(Cl)cc2)n1. The van der Waals surface area contributed by atoms with E-state index in [0.29, 0.717) is 41.0 Å². The number of aryl methyl sites for hydroxylation is 1. The van der Waals surface area contributed by atoms with Crippen molar-refractivity contribution in [1.29, 1.82) is 0 Å². The van der Waals surface area contributed by atoms with Crippen molar-refractivity contribution in [2.24, 2.45) is 5.92 Å². The van der Waals surface area contributed by atoms with Crippen molar-refractivity contribution in [1.82, 2.24) is 10.3 Å². The summed E-state index contributed by atoms with van der Waals surface area (Å²) < 4.78 is 0. The first-order valence-corrected chi connectivity index (χ1v) is 9.48. The summed E-state index contributed by atoms with van der Waals surface area (Å²) in [7, 11) is 0. The second-order valence-corrected chi connectivity index (χ2v) is 7.43. The van der Waals surface area contributed by atoms with E-state index in [4.69, 9.17) is 11.6 Å². The predicted octanol–water partition coefficient (Wildman–Crippen LogP) is 4.14. The summed E-state index contributed by atoms with van der Waals surface area (Å²) >= 11 is 7.16. The second kappa shape index (κ2) is 9.53. The predicted molar refractivity (Wildman–Crippen MR) is 102 cm³/mol. The summed E-state index contributed by atoms with van der Waals surface area (Å²) in [4.78, 5) is 28.3. The van der Waals surface area contributed by atoms with Gasteiger partial charge in [-0.15, -0.1) is 11.3 Å². The van der Waals surface area contributed by atoms with E-state index < -0.39 is 0 Å². The molecule has 7 heteroatoms. The molecular weight excluding hydrogens is 358 g/mol. The van der Waals surface area contributed by atoms with Crippen LogP contribution in [-0.2, 0) is 11.2 Å². The molecule has 25 heavy (non-hydrogen) atoms. The van der Waals surface area contributed by atoms with Gasteiger partial charge in [-0.25, -0.2) is 4.98 Å². The molecule has 1 aromatic carbocycles. The minimum absolute atomic E-state index is 0.0281. The number of anilines is 1. The first-order valence-electron chi connectivity index (χ1n) is 8.22. The summed E-state index contributed by atoms with van der Waals surface area (Å²) in [6.07, 6.45) is 1.93. The van der Waals surface area contributed by atoms with Crippen LogP contribution in [-0.4, -0.2) is 23.3 Å². The summed E-state index contributed by atoms with van der Waals surface area (Å²) in [5.41, 5.74) is 1.32. The molecule has 0 saturated carbocycles. The van der Waals surface area contributed by atoms with Crippen LogP contribution in [0.5, 0.6) is 0 Å². The molecular formula is C18H22ClN3O2S. The van der Waals surface area contributed by atoms with Crippen molar-refractivity contribution in [3.63, 3.8) is 0 Å². The Morgan fingerprint density at radius 2 is 1.96 bits per heavy atom. The third-order valence-corrected chi connectivity index (χ3v) is 4.59. The molecule has 2 amide bonds. The normalized spacial score (nSPS) is 10.7. The van der Waals surface area contributed by atoms with Gasteiger partial charge in [-0.3, -0.25) is 14.9 Å². The van der Waals surface area contributed by atoms with Gasteiger partial charge in [0.25, 0.3) is 5.91 Å². The van der Waals surface area contributed by atoms with Crippen molar-refractivity contribution < 1.29 is 9.59 Å². The Morgan fingerprint density at radius 3 is 2.64 bits per heavy atom. The minimum atomic E-state index is -0.232. The van der Waals surface area contributed by atoms with Crippen LogP contribution >= 0.6 is 22.9 Å². The number of amides is 2. The smallest absolute Gasteiger partial charge is 0.257 e. The van der Waals surface area contributed by atoms with E-state index in [1.165, 1.54) is 11.3 Å². The molecule has 0 radical (unpaired) electrons. The van der Waals surface area contributed by atoms with Crippen LogP contribution in [0.2, 0.25) is 5.02 Å². The Kier molecular flexibility index (Phi) is 7.40. The molecule has 0 saturated heterocycles. The van der Waals surface area contributed by atoms with Gasteiger partial charge in [0.05, 0.1) is 5.69 Å². The van der Waals surface area contributed by atoms with Crippen molar-refractivity contribution in [3.05, 3.63) is 45.9 Å². The van der Waals surface area contributed by atoms with Crippen LogP contribution in [0, 0.1) is 5.92 Å². The van der Waals surface area contributed by atoms with Crippen molar-refractivity contribution in [3.8, 4) is 0 Å². The zero-order chi connectivity index (χ0) is 18.2. The first kappa shape index (κ1) is 19.4. The summed E-state index contributed by atoms with van der Waals surface area (Å²) in [5.74, 6) is 0.370. The maximum atomic E-state index is 12.1. The Hall–Kier alpha value is -1.92. The van der Waals surface area contributed by atoms with Gasteiger partial charge in [-0.05, 0) is 43.0 Å². The third-order valence-electron chi connectivity index (χ3n) is 3.53. The average molecular weight is 380 g/mol. The van der Waals surface area contributed by atoms with E-state index in [-0.39, 0.29) is 11.8 Å². The van der Waals surface area contributed by atoms with Gasteiger partial charge in [0.1, 0.15) is 0 Å². The number of aromatic nitrogens is 1. The Morgan fingerprint density at radius 1 is 1.24 bits per heavy atom. The van der Waals surface area contributed by atoms with Gasteiger partial charge in [-0.2, -0.15) is 0 Å². The minimum Gasteiger partial charge on any atom is -0.356 e. The van der Waals surface area contributed by atoms with Crippen molar-refractivity contribution in [2.75, 3.05) is 11.9 Å². The van der Waals surface area contributed by atoms with Crippen LogP contribution in [0.1, 0.15) is 42.7 Å². The van der Waals surface area contributed by atoms with Gasteiger partial charge in [0.15, 0.2) is 5.13 Å². The number of thiazole rings is 1. The van der Waals surface area contributed by atoms with E-state index in [1.54, 1.807) is 24.3 Å². The molecule has 0 aliphatic heterocycles. The topological polar surface area (TPSA) is 71.1 Å². The molecule has 0 unspecified atom stereocenters. The summed E-state index contributed by atoms with van der Waals surface area (Å²) in [5, 5.41) is 8.63. The fraction of sp³-hybridized carbons (Fsp3) is 0.389. The highest BCUT2D eigenvalue weighted by Gasteiger charge is 2.10. The largest absolute Gasteiger partial charge is 0.356 e. The van der Waals surface area contributed by atoms with Crippen LogP contribution < -0.4 is 10.6 Å². The van der Waals surface area contributed by atoms with Gasteiger partial charge >= 0.3 is 0 Å². The quantitative estimate of drug-likeness (QED) is 0.723. The zero-order valence-corrected chi connectivity index (χ0v) is 15.9. The highest BCUT2D eigenvalue weighted by molar-refractivity contribution is 7.14. The number of carbonyl (C=O) groups is 2. The highest BCUT2D eigenvalue weighted by atomic mass is 35.5. The van der Waals surface area contributed by atoms with E-state index >= 15 is 0 Å². The molecule has 1 aromatic heterocycles. The maximum Gasteiger partial charge on any atom is 0.257 e. The molecule has 2 N–H and O–H groups in total. The zero-order valence-electron chi connectivity index (χ0n) is 14.3. The lowest BCUT2D eigenvalue weighted by molar-refractivity contribution is -0.121. The molecule has 0 bridgehead atoms. The van der Waals surface area contributed by atoms with Gasteiger partial charge in [0.2, 0.25) is 5.91 Å². The number of halogens is 1. The molecule has 134 valence electrons. The number of hydrogen-bond donors (Lipinski definition) is 2. The Balaban J connectivity index is 1.78. The molecule has 0 aliphatic carbocycles. The van der Waals surface area contributed by atoms with E-state index in [1.807, 2.05) is 5.38 Å². The Bertz CT molecular complexity index is 713. The molecule has 1 heterocycles. The summed E-state index contributed by atoms with van der Waals surface area (Å²) in [6, 6.07) is 6.66. The standard InChI is InChI=1S/C18H22ClN3O2S/c1-12(2)9-10-20-16(23)8-7-15-11-25-18(21-15)22-17(24)13-3-5-14(19)6-4-13/h3-6,11-12H,7-10H2,1-2H3,(H,20,23)(H,21,22,24). The number of hydrogen-bond acceptors (Lipinski definition) is 4. The average Bonchev–Trinajstić information content (AvgIpc) is 3.00. The lowest BCUT2D eigenvalue weighted by Gasteiger charge is -2.06. The fourth-order valence-electron chi connectivity index (χ4n) is 2.08. The van der Waals surface area contributed by atoms with Crippen molar-refractivity contribution in [2.45, 2.75) is 33.1 Å². The van der Waals surface area contributed by atoms with Gasteiger partial charge in [0, 0.05) is 28.9 Å². The van der Waals surface area contributed by atoms with Gasteiger partial charge < -0.3 is 5.32 Å². The molecule has 0 spiro atoms. The number of nitrogens with one attached hydrogen (secondary N) is 2. The molecule has 0 aliphatic rings. The van der Waals surface area contributed by atoms with E-state index in [2.05, 4.69) is 29.5 Å². The fourth-order valence-corrected chi connectivity index (χ4v) is 2.95. The molecule has 0 atom stereocenters. The maximum absolute atomic E-state index is 12.1. The highest BCUT2D eigenvalue weighted by Crippen LogP contribution is 2.18. The number of rotatable bonds is 8. The van der Waals surface area contributed by atoms with Crippen LogP contribution in [0.4, 0.5) is 5.13 Å². The van der Waals surface area contributed by atoms with Gasteiger partial charge in [-0.1, -0.05) is 25.4 Å². The monoisotopic (exact) mass is 379 g/mol. The first-order chi connectivity index (χ1) is 11.9. The molecule has 2 aromatic rings. The Labute approximate surface area is 156 Å². The summed E-state index contributed by atoms with van der Waals surface area (Å²) in [6.45, 7) is 4.96. The molecule has 5 nitrogen and oxygen atoms in total. The lowest BCUT2D eigenvalue weighted by atomic mass is 10.1. The third kappa shape index (κ3) is 6.84. The number of benzene rings is 1.